The van der Waals surface area contributed by atoms with Gasteiger partial charge in [-0.25, -0.2) is 0 Å². The molecule has 0 saturated heterocycles. The molecule has 0 rings (SSSR count). The van der Waals surface area contributed by atoms with Crippen molar-refractivity contribution in [1.29, 1.82) is 0 Å². The van der Waals surface area contributed by atoms with Crippen LogP contribution in [0.4, 0.5) is 0 Å². The molecule has 13 heavy (non-hydrogen) atoms. The second-order valence-electron chi connectivity index (χ2n) is 3.63. The van der Waals surface area contributed by atoms with Crippen LogP contribution in [0.25, 0.3) is 0 Å². The number of unbranched alkanes of at least 4 members (excludes halogenated alkanes) is 6. The van der Waals surface area contributed by atoms with E-state index in [1.54, 1.807) is 11.9 Å². The van der Waals surface area contributed by atoms with Gasteiger partial charge in [-0.3, -0.25) is 4.79 Å². The van der Waals surface area contributed by atoms with Crippen molar-refractivity contribution in [1.82, 2.24) is 4.90 Å². The third-order valence-electron chi connectivity index (χ3n) is 2.25. The molecule has 0 aromatic rings. The van der Waals surface area contributed by atoms with Crippen LogP contribution in [0.5, 0.6) is 0 Å². The molecule has 1 radical (unpaired) electrons. The third-order valence-corrected chi connectivity index (χ3v) is 2.25. The van der Waals surface area contributed by atoms with E-state index < -0.39 is 0 Å². The largest absolute Gasteiger partial charge is 0.338 e. The molecule has 0 fully saturated rings. The van der Waals surface area contributed by atoms with Crippen LogP contribution in [-0.2, 0) is 4.79 Å². The molecule has 0 aliphatic carbocycles. The second-order valence-corrected chi connectivity index (χ2v) is 3.63. The van der Waals surface area contributed by atoms with Gasteiger partial charge in [0.25, 0.3) is 0 Å². The first kappa shape index (κ1) is 12.5. The van der Waals surface area contributed by atoms with Gasteiger partial charge in [0.05, 0.1) is 0 Å². The SMILES string of the molecule is CCCCCCCCCN(C)[C]=O. The van der Waals surface area contributed by atoms with Gasteiger partial charge in [0.15, 0.2) is 0 Å². The third kappa shape index (κ3) is 9.38. The molecule has 0 unspecified atom stereocenters. The molecular weight excluding hydrogens is 162 g/mol. The summed E-state index contributed by atoms with van der Waals surface area (Å²) in [6, 6.07) is 0. The number of carbonyl (C=O) groups excluding carboxylic acids is 1. The zero-order chi connectivity index (χ0) is 9.94. The van der Waals surface area contributed by atoms with Gasteiger partial charge in [-0.2, -0.15) is 0 Å². The molecule has 0 aliphatic heterocycles. The number of hydrogen-bond acceptors (Lipinski definition) is 1. The lowest BCUT2D eigenvalue weighted by Gasteiger charge is -2.08. The summed E-state index contributed by atoms with van der Waals surface area (Å²) in [6.07, 6.45) is 10.9. The fourth-order valence-corrected chi connectivity index (χ4v) is 1.35. The van der Waals surface area contributed by atoms with Crippen LogP contribution in [0.1, 0.15) is 51.9 Å². The first-order chi connectivity index (χ1) is 6.31. The number of hydrogen-bond donors (Lipinski definition) is 0. The Morgan fingerprint density at radius 1 is 1.00 bits per heavy atom. The number of amides is 1. The summed E-state index contributed by atoms with van der Waals surface area (Å²) in [6.45, 7) is 3.09. The van der Waals surface area contributed by atoms with Gasteiger partial charge < -0.3 is 4.90 Å². The van der Waals surface area contributed by atoms with Gasteiger partial charge in [-0.1, -0.05) is 45.4 Å². The van der Waals surface area contributed by atoms with Crippen LogP contribution in [-0.4, -0.2) is 24.9 Å². The molecule has 0 saturated carbocycles. The summed E-state index contributed by atoms with van der Waals surface area (Å²) in [5, 5.41) is 0. The maximum Gasteiger partial charge on any atom is 0.311 e. The van der Waals surface area contributed by atoms with Crippen LogP contribution in [0.15, 0.2) is 0 Å². The predicted molar refractivity (Wildman–Crippen MR) is 56.3 cm³/mol. The molecule has 0 aromatic carbocycles. The molecule has 0 N–H and O–H groups in total. The Morgan fingerprint density at radius 3 is 2.08 bits per heavy atom. The van der Waals surface area contributed by atoms with E-state index >= 15 is 0 Å². The lowest BCUT2D eigenvalue weighted by Crippen LogP contribution is -2.16. The molecule has 2 nitrogen and oxygen atoms in total. The molecule has 0 atom stereocenters. The van der Waals surface area contributed by atoms with Crippen LogP contribution in [0.3, 0.4) is 0 Å². The average Bonchev–Trinajstić information content (AvgIpc) is 2.16. The fourth-order valence-electron chi connectivity index (χ4n) is 1.35. The van der Waals surface area contributed by atoms with Crippen molar-refractivity contribution in [3.05, 3.63) is 0 Å². The zero-order valence-corrected chi connectivity index (χ0v) is 9.01. The van der Waals surface area contributed by atoms with E-state index in [1.165, 1.54) is 38.5 Å². The van der Waals surface area contributed by atoms with Gasteiger partial charge in [-0.15, -0.1) is 0 Å². The molecule has 77 valence electrons. The summed E-state index contributed by atoms with van der Waals surface area (Å²) in [7, 11) is 1.78. The quantitative estimate of drug-likeness (QED) is 0.398. The first-order valence-electron chi connectivity index (χ1n) is 5.40. The van der Waals surface area contributed by atoms with Crippen molar-refractivity contribution in [2.24, 2.45) is 0 Å². The highest BCUT2D eigenvalue weighted by atomic mass is 16.1. The molecule has 0 bridgehead atoms. The smallest absolute Gasteiger partial charge is 0.311 e. The molecule has 1 amide bonds. The lowest BCUT2D eigenvalue weighted by molar-refractivity contribution is 0.418. The van der Waals surface area contributed by atoms with Crippen molar-refractivity contribution in [3.8, 4) is 0 Å². The Hall–Kier alpha value is -0.530. The molecule has 2 heteroatoms. The van der Waals surface area contributed by atoms with E-state index in [1.807, 2.05) is 6.41 Å². The Bertz CT molecular complexity index is 115. The standard InChI is InChI=1S/C11H22NO/c1-3-4-5-6-7-8-9-10-12(2)11-13/h3-10H2,1-2H3. The highest BCUT2D eigenvalue weighted by Crippen LogP contribution is 2.06. The predicted octanol–water partition coefficient (Wildman–Crippen LogP) is 2.74. The van der Waals surface area contributed by atoms with E-state index in [-0.39, 0.29) is 0 Å². The number of rotatable bonds is 9. The van der Waals surface area contributed by atoms with Crippen molar-refractivity contribution in [3.63, 3.8) is 0 Å². The average molecular weight is 184 g/mol. The van der Waals surface area contributed by atoms with Gasteiger partial charge in [0.1, 0.15) is 0 Å². The van der Waals surface area contributed by atoms with Crippen molar-refractivity contribution >= 4 is 6.41 Å². The summed E-state index contributed by atoms with van der Waals surface area (Å²) in [5.74, 6) is 0. The molecule has 0 aromatic heterocycles. The monoisotopic (exact) mass is 184 g/mol. The van der Waals surface area contributed by atoms with Crippen LogP contribution in [0.2, 0.25) is 0 Å². The Morgan fingerprint density at radius 2 is 1.54 bits per heavy atom. The minimum atomic E-state index is 0.858. The Kier molecular flexibility index (Phi) is 9.17. The Labute approximate surface area is 82.3 Å². The lowest BCUT2D eigenvalue weighted by atomic mass is 10.1. The fraction of sp³-hybridized carbons (Fsp3) is 0.909. The second kappa shape index (κ2) is 9.56. The minimum Gasteiger partial charge on any atom is -0.338 e. The topological polar surface area (TPSA) is 20.3 Å². The summed E-state index contributed by atoms with van der Waals surface area (Å²) < 4.78 is 0. The summed E-state index contributed by atoms with van der Waals surface area (Å²) in [4.78, 5) is 11.7. The summed E-state index contributed by atoms with van der Waals surface area (Å²) in [5.41, 5.74) is 0. The van der Waals surface area contributed by atoms with E-state index in [9.17, 15) is 4.79 Å². The molecule has 0 aliphatic rings. The maximum atomic E-state index is 10.1. The number of nitrogens with zero attached hydrogens (tertiary/aromatic N) is 1. The van der Waals surface area contributed by atoms with E-state index in [0.29, 0.717) is 0 Å². The first-order valence-corrected chi connectivity index (χ1v) is 5.40. The van der Waals surface area contributed by atoms with Crippen molar-refractivity contribution in [2.45, 2.75) is 51.9 Å². The highest BCUT2D eigenvalue weighted by Gasteiger charge is 1.94. The van der Waals surface area contributed by atoms with Crippen LogP contribution < -0.4 is 0 Å². The highest BCUT2D eigenvalue weighted by molar-refractivity contribution is 5.47. The van der Waals surface area contributed by atoms with E-state index in [2.05, 4.69) is 6.92 Å². The van der Waals surface area contributed by atoms with Gasteiger partial charge in [-0.05, 0) is 6.42 Å². The van der Waals surface area contributed by atoms with Gasteiger partial charge in [0, 0.05) is 13.6 Å². The molecule has 0 spiro atoms. The van der Waals surface area contributed by atoms with Crippen molar-refractivity contribution < 1.29 is 4.79 Å². The zero-order valence-electron chi connectivity index (χ0n) is 9.01. The Balaban J connectivity index is 2.95. The van der Waals surface area contributed by atoms with Crippen LogP contribution in [0, 0.1) is 0 Å². The molecule has 0 heterocycles. The van der Waals surface area contributed by atoms with Gasteiger partial charge in [0.2, 0.25) is 0 Å². The molecular formula is C11H22NO. The maximum absolute atomic E-state index is 10.1. The normalized spacial score (nSPS) is 10.0. The van der Waals surface area contributed by atoms with Crippen molar-refractivity contribution in [2.75, 3.05) is 13.6 Å². The van der Waals surface area contributed by atoms with Crippen LogP contribution >= 0.6 is 0 Å². The van der Waals surface area contributed by atoms with E-state index in [0.717, 1.165) is 13.0 Å². The minimum absolute atomic E-state index is 0.858. The van der Waals surface area contributed by atoms with E-state index in [4.69, 9.17) is 0 Å². The summed E-state index contributed by atoms with van der Waals surface area (Å²) >= 11 is 0. The van der Waals surface area contributed by atoms with Gasteiger partial charge >= 0.3 is 6.41 Å².